The lowest BCUT2D eigenvalue weighted by atomic mass is 10.3. The summed E-state index contributed by atoms with van der Waals surface area (Å²) in [4.78, 5) is 11.8. The maximum absolute atomic E-state index is 12.8. The van der Waals surface area contributed by atoms with Gasteiger partial charge in [-0.3, -0.25) is 10.1 Å². The molecule has 10 heteroatoms. The molecule has 0 bridgehead atoms. The summed E-state index contributed by atoms with van der Waals surface area (Å²) < 4.78 is 41.8. The third-order valence-electron chi connectivity index (χ3n) is 2.87. The summed E-state index contributed by atoms with van der Waals surface area (Å²) >= 11 is 0.795. The lowest BCUT2D eigenvalue weighted by Crippen LogP contribution is -2.20. The molecule has 0 saturated heterocycles. The quantitative estimate of drug-likeness (QED) is 0.713. The van der Waals surface area contributed by atoms with E-state index in [0.29, 0.717) is 12.2 Å². The Bertz CT molecular complexity index is 791. The van der Waals surface area contributed by atoms with Crippen molar-refractivity contribution >= 4 is 32.2 Å². The van der Waals surface area contributed by atoms with Gasteiger partial charge in [0.1, 0.15) is 11.6 Å². The van der Waals surface area contributed by atoms with E-state index >= 15 is 0 Å². The molecule has 0 aliphatic rings. The van der Waals surface area contributed by atoms with E-state index < -0.39 is 21.6 Å². The molecule has 7 nitrogen and oxygen atoms in total. The minimum atomic E-state index is -3.47. The molecular weight excluding hydrogens is 357 g/mol. The van der Waals surface area contributed by atoms with Crippen molar-refractivity contribution in [1.82, 2.24) is 10.2 Å². The molecule has 0 atom stereocenters. The molecule has 1 heterocycles. The Balaban J connectivity index is 1.89. The second-order valence-corrected chi connectivity index (χ2v) is 8.10. The van der Waals surface area contributed by atoms with Gasteiger partial charge in [0.15, 0.2) is 6.61 Å². The Morgan fingerprint density at radius 2 is 2.00 bits per heavy atom. The third-order valence-corrected chi connectivity index (χ3v) is 5.95. The first-order chi connectivity index (χ1) is 11.4. The van der Waals surface area contributed by atoms with Gasteiger partial charge in [-0.25, -0.2) is 12.8 Å². The number of amides is 1. The second kappa shape index (κ2) is 8.15. The highest BCUT2D eigenvalue weighted by Crippen LogP contribution is 2.21. The van der Waals surface area contributed by atoms with Gasteiger partial charge in [-0.15, -0.1) is 10.2 Å². The van der Waals surface area contributed by atoms with Gasteiger partial charge in [0.2, 0.25) is 19.3 Å². The lowest BCUT2D eigenvalue weighted by molar-refractivity contribution is -0.118. The van der Waals surface area contributed by atoms with Gasteiger partial charge in [0, 0.05) is 0 Å². The Labute approximate surface area is 142 Å². The SMILES string of the molecule is CCCCS(=O)(=O)c1nnc(NC(=O)COc2ccc(F)cc2)s1. The van der Waals surface area contributed by atoms with E-state index in [1.807, 2.05) is 6.92 Å². The maximum Gasteiger partial charge on any atom is 0.264 e. The Hall–Kier alpha value is -2.07. The van der Waals surface area contributed by atoms with Crippen LogP contribution in [-0.4, -0.2) is 36.9 Å². The van der Waals surface area contributed by atoms with Crippen LogP contribution in [0.4, 0.5) is 9.52 Å². The topological polar surface area (TPSA) is 98.3 Å². The number of nitrogens with one attached hydrogen (secondary N) is 1. The summed E-state index contributed by atoms with van der Waals surface area (Å²) in [5.74, 6) is -0.586. The van der Waals surface area contributed by atoms with E-state index in [1.165, 1.54) is 24.3 Å². The van der Waals surface area contributed by atoms with Crippen LogP contribution >= 0.6 is 11.3 Å². The largest absolute Gasteiger partial charge is 0.484 e. The first kappa shape index (κ1) is 18.3. The molecule has 0 radical (unpaired) electrons. The van der Waals surface area contributed by atoms with Gasteiger partial charge in [-0.05, 0) is 30.7 Å². The van der Waals surface area contributed by atoms with Crippen molar-refractivity contribution in [3.8, 4) is 5.75 Å². The second-order valence-electron chi connectivity index (χ2n) is 4.84. The average Bonchev–Trinajstić information content (AvgIpc) is 3.02. The normalized spacial score (nSPS) is 11.2. The van der Waals surface area contributed by atoms with E-state index in [4.69, 9.17) is 4.74 Å². The van der Waals surface area contributed by atoms with Gasteiger partial charge in [-0.1, -0.05) is 24.7 Å². The van der Waals surface area contributed by atoms with Crippen LogP contribution < -0.4 is 10.1 Å². The maximum atomic E-state index is 12.8. The Morgan fingerprint density at radius 1 is 1.29 bits per heavy atom. The predicted molar refractivity (Wildman–Crippen MR) is 87.4 cm³/mol. The summed E-state index contributed by atoms with van der Waals surface area (Å²) in [5, 5.41) is 9.75. The molecule has 1 aromatic carbocycles. The highest BCUT2D eigenvalue weighted by Gasteiger charge is 2.20. The molecule has 0 fully saturated rings. The molecule has 2 aromatic rings. The van der Waals surface area contributed by atoms with Crippen LogP contribution in [0.15, 0.2) is 28.6 Å². The molecule has 1 amide bonds. The number of hydrogen-bond acceptors (Lipinski definition) is 7. The summed E-state index contributed by atoms with van der Waals surface area (Å²) in [7, 11) is -3.47. The van der Waals surface area contributed by atoms with E-state index in [1.54, 1.807) is 0 Å². The van der Waals surface area contributed by atoms with E-state index in [-0.39, 0.29) is 21.8 Å². The monoisotopic (exact) mass is 373 g/mol. The Kier molecular flexibility index (Phi) is 6.21. The molecule has 130 valence electrons. The number of halogens is 1. The number of anilines is 1. The van der Waals surface area contributed by atoms with Crippen molar-refractivity contribution in [3.05, 3.63) is 30.1 Å². The predicted octanol–water partition coefficient (Wildman–Crippen LogP) is 2.27. The average molecular weight is 373 g/mol. The minimum Gasteiger partial charge on any atom is -0.484 e. The number of benzene rings is 1. The van der Waals surface area contributed by atoms with Crippen LogP contribution in [0.2, 0.25) is 0 Å². The van der Waals surface area contributed by atoms with Crippen molar-refractivity contribution in [2.45, 2.75) is 24.1 Å². The van der Waals surface area contributed by atoms with Crippen molar-refractivity contribution in [2.75, 3.05) is 17.7 Å². The van der Waals surface area contributed by atoms with E-state index in [9.17, 15) is 17.6 Å². The van der Waals surface area contributed by atoms with Crippen molar-refractivity contribution in [3.63, 3.8) is 0 Å². The van der Waals surface area contributed by atoms with Crippen molar-refractivity contribution in [2.24, 2.45) is 0 Å². The number of sulfone groups is 1. The summed E-state index contributed by atoms with van der Waals surface area (Å²) in [6.07, 6.45) is 1.29. The molecular formula is C14H16FN3O4S2. The fourth-order valence-corrected chi connectivity index (χ4v) is 4.14. The molecule has 0 spiro atoms. The number of carbonyl (C=O) groups excluding carboxylic acids is 1. The van der Waals surface area contributed by atoms with Gasteiger partial charge < -0.3 is 4.74 Å². The number of ether oxygens (including phenoxy) is 1. The number of rotatable bonds is 8. The van der Waals surface area contributed by atoms with Gasteiger partial charge >= 0.3 is 0 Å². The number of nitrogens with zero attached hydrogens (tertiary/aromatic N) is 2. The van der Waals surface area contributed by atoms with Crippen LogP contribution in [0.5, 0.6) is 5.75 Å². The van der Waals surface area contributed by atoms with Crippen LogP contribution in [0.3, 0.4) is 0 Å². The van der Waals surface area contributed by atoms with E-state index in [0.717, 1.165) is 17.8 Å². The number of aromatic nitrogens is 2. The molecule has 2 rings (SSSR count). The summed E-state index contributed by atoms with van der Waals surface area (Å²) in [6.45, 7) is 1.57. The standard InChI is InChI=1S/C14H16FN3O4S2/c1-2-3-8-24(20,21)14-18-17-13(23-14)16-12(19)9-22-11-6-4-10(15)5-7-11/h4-7H,2-3,8-9H2,1H3,(H,16,17,19). The summed E-state index contributed by atoms with van der Waals surface area (Å²) in [6, 6.07) is 5.22. The number of carbonyl (C=O) groups is 1. The van der Waals surface area contributed by atoms with Crippen LogP contribution in [0.1, 0.15) is 19.8 Å². The van der Waals surface area contributed by atoms with Crippen LogP contribution in [0.25, 0.3) is 0 Å². The molecule has 0 aliphatic carbocycles. The van der Waals surface area contributed by atoms with Gasteiger partial charge in [-0.2, -0.15) is 0 Å². The lowest BCUT2D eigenvalue weighted by Gasteiger charge is -2.05. The highest BCUT2D eigenvalue weighted by molar-refractivity contribution is 7.93. The first-order valence-electron chi connectivity index (χ1n) is 7.15. The first-order valence-corrected chi connectivity index (χ1v) is 9.62. The van der Waals surface area contributed by atoms with Crippen LogP contribution in [-0.2, 0) is 14.6 Å². The van der Waals surface area contributed by atoms with Gasteiger partial charge in [0.05, 0.1) is 5.75 Å². The van der Waals surface area contributed by atoms with Crippen molar-refractivity contribution in [1.29, 1.82) is 0 Å². The van der Waals surface area contributed by atoms with Crippen LogP contribution in [0, 0.1) is 5.82 Å². The molecule has 0 saturated carbocycles. The zero-order chi connectivity index (χ0) is 17.6. The molecule has 0 aliphatic heterocycles. The fraction of sp³-hybridized carbons (Fsp3) is 0.357. The van der Waals surface area contributed by atoms with Crippen molar-refractivity contribution < 1.29 is 22.3 Å². The van der Waals surface area contributed by atoms with Gasteiger partial charge in [0.25, 0.3) is 5.91 Å². The number of hydrogen-bond donors (Lipinski definition) is 1. The highest BCUT2D eigenvalue weighted by atomic mass is 32.2. The minimum absolute atomic E-state index is 0.000240. The third kappa shape index (κ3) is 5.24. The number of unbranched alkanes of at least 4 members (excludes halogenated alkanes) is 1. The molecule has 24 heavy (non-hydrogen) atoms. The smallest absolute Gasteiger partial charge is 0.264 e. The fourth-order valence-electron chi connectivity index (χ4n) is 1.64. The van der Waals surface area contributed by atoms with E-state index in [2.05, 4.69) is 15.5 Å². The molecule has 1 aromatic heterocycles. The zero-order valence-electron chi connectivity index (χ0n) is 12.9. The summed E-state index contributed by atoms with van der Waals surface area (Å²) in [5.41, 5.74) is 0. The Morgan fingerprint density at radius 3 is 2.67 bits per heavy atom. The zero-order valence-corrected chi connectivity index (χ0v) is 14.5. The molecule has 1 N–H and O–H groups in total. The molecule has 0 unspecified atom stereocenters.